The van der Waals surface area contributed by atoms with Crippen molar-refractivity contribution in [3.63, 3.8) is 0 Å². The van der Waals surface area contributed by atoms with Gasteiger partial charge >= 0.3 is 0 Å². The van der Waals surface area contributed by atoms with Crippen molar-refractivity contribution in [1.82, 2.24) is 4.98 Å². The summed E-state index contributed by atoms with van der Waals surface area (Å²) in [7, 11) is 0. The molecule has 2 heterocycles. The maximum Gasteiger partial charge on any atom is 0.152 e. The molecule has 0 bridgehead atoms. The number of nitrogens with two attached hydrogens (primary N) is 1. The van der Waals surface area contributed by atoms with Crippen molar-refractivity contribution >= 4 is 11.0 Å². The Hall–Kier alpha value is -1.39. The third-order valence-corrected chi connectivity index (χ3v) is 1.93. The summed E-state index contributed by atoms with van der Waals surface area (Å²) in [6.45, 7) is 0.177. The van der Waals surface area contributed by atoms with Crippen LogP contribution in [0.1, 0.15) is 11.8 Å². The van der Waals surface area contributed by atoms with E-state index < -0.39 is 6.10 Å². The Morgan fingerprint density at radius 3 is 3.23 bits per heavy atom. The number of hydrogen-bond acceptors (Lipinski definition) is 4. The molecule has 68 valence electrons. The molecule has 0 aliphatic rings. The Balaban J connectivity index is 2.48. The predicted octanol–water partition coefficient (Wildman–Crippen LogP) is 0.820. The first kappa shape index (κ1) is 8.22. The van der Waals surface area contributed by atoms with Crippen LogP contribution in [-0.4, -0.2) is 16.6 Å². The molecule has 1 unspecified atom stereocenters. The largest absolute Gasteiger partial charge is 0.463 e. The molecule has 2 rings (SSSR count). The van der Waals surface area contributed by atoms with Crippen molar-refractivity contribution in [1.29, 1.82) is 0 Å². The summed E-state index contributed by atoms with van der Waals surface area (Å²) in [5, 5.41) is 10.3. The molecule has 4 nitrogen and oxygen atoms in total. The number of furan rings is 1. The fourth-order valence-electron chi connectivity index (χ4n) is 1.19. The lowest BCUT2D eigenvalue weighted by Gasteiger charge is -2.05. The third-order valence-electron chi connectivity index (χ3n) is 1.93. The number of rotatable bonds is 2. The van der Waals surface area contributed by atoms with E-state index >= 15 is 0 Å². The van der Waals surface area contributed by atoms with E-state index in [2.05, 4.69) is 4.98 Å². The Labute approximate surface area is 75.0 Å². The highest BCUT2D eigenvalue weighted by Crippen LogP contribution is 2.17. The van der Waals surface area contributed by atoms with E-state index in [1.807, 2.05) is 6.07 Å². The molecule has 0 aromatic carbocycles. The van der Waals surface area contributed by atoms with Crippen molar-refractivity contribution in [2.24, 2.45) is 5.73 Å². The van der Waals surface area contributed by atoms with Gasteiger partial charge in [0.25, 0.3) is 0 Å². The number of hydrogen-bond donors (Lipinski definition) is 2. The van der Waals surface area contributed by atoms with Crippen LogP contribution < -0.4 is 5.73 Å². The van der Waals surface area contributed by atoms with Crippen LogP contribution in [0.15, 0.2) is 29.0 Å². The summed E-state index contributed by atoms with van der Waals surface area (Å²) in [5.74, 6) is 0. The van der Waals surface area contributed by atoms with Gasteiger partial charge in [-0.3, -0.25) is 4.98 Å². The fourth-order valence-corrected chi connectivity index (χ4v) is 1.19. The monoisotopic (exact) mass is 178 g/mol. The second-order valence-electron chi connectivity index (χ2n) is 2.82. The number of aromatic nitrogens is 1. The molecule has 0 aliphatic heterocycles. The zero-order valence-electron chi connectivity index (χ0n) is 6.97. The molecule has 0 fully saturated rings. The molecule has 0 aliphatic carbocycles. The Kier molecular flexibility index (Phi) is 2.00. The summed E-state index contributed by atoms with van der Waals surface area (Å²) in [4.78, 5) is 4.03. The van der Waals surface area contributed by atoms with Crippen molar-refractivity contribution < 1.29 is 9.52 Å². The van der Waals surface area contributed by atoms with E-state index in [1.165, 1.54) is 0 Å². The molecular weight excluding hydrogens is 168 g/mol. The first-order valence-corrected chi connectivity index (χ1v) is 4.02. The van der Waals surface area contributed by atoms with Crippen LogP contribution in [0.25, 0.3) is 11.0 Å². The van der Waals surface area contributed by atoms with Gasteiger partial charge in [0, 0.05) is 11.9 Å². The molecule has 0 radical (unpaired) electrons. The maximum absolute atomic E-state index is 9.41. The molecule has 0 amide bonds. The highest BCUT2D eigenvalue weighted by Gasteiger charge is 2.07. The maximum atomic E-state index is 9.41. The molecule has 3 N–H and O–H groups in total. The molecule has 4 heteroatoms. The first-order chi connectivity index (χ1) is 6.31. The zero-order chi connectivity index (χ0) is 9.26. The number of aliphatic hydroxyl groups excluding tert-OH is 1. The Morgan fingerprint density at radius 1 is 1.62 bits per heavy atom. The lowest BCUT2D eigenvalue weighted by molar-refractivity contribution is 0.182. The molecule has 13 heavy (non-hydrogen) atoms. The van der Waals surface area contributed by atoms with Crippen LogP contribution in [0.3, 0.4) is 0 Å². The van der Waals surface area contributed by atoms with Crippen molar-refractivity contribution in [3.8, 4) is 0 Å². The van der Waals surface area contributed by atoms with Gasteiger partial charge in [0.2, 0.25) is 0 Å². The normalized spacial score (nSPS) is 13.4. The summed E-state index contributed by atoms with van der Waals surface area (Å²) >= 11 is 0. The first-order valence-electron chi connectivity index (χ1n) is 4.02. The second kappa shape index (κ2) is 3.16. The molecule has 2 aromatic rings. The number of pyridine rings is 1. The third kappa shape index (κ3) is 1.41. The standard InChI is InChI=1S/C9H10N2O2/c10-4-8(12)7-3-6-1-2-13-9(6)5-11-7/h1-3,5,8,12H,4,10H2. The van der Waals surface area contributed by atoms with Crippen LogP contribution in [-0.2, 0) is 0 Å². The van der Waals surface area contributed by atoms with Gasteiger partial charge in [-0.25, -0.2) is 0 Å². The minimum Gasteiger partial charge on any atom is -0.463 e. The molecule has 2 aromatic heterocycles. The van der Waals surface area contributed by atoms with E-state index in [0.717, 1.165) is 5.39 Å². The van der Waals surface area contributed by atoms with E-state index in [-0.39, 0.29) is 6.54 Å². The van der Waals surface area contributed by atoms with E-state index in [0.29, 0.717) is 11.3 Å². The van der Waals surface area contributed by atoms with Crippen LogP contribution in [0.2, 0.25) is 0 Å². The van der Waals surface area contributed by atoms with Gasteiger partial charge in [0.05, 0.1) is 18.2 Å². The summed E-state index contributed by atoms with van der Waals surface area (Å²) < 4.78 is 5.11. The lowest BCUT2D eigenvalue weighted by atomic mass is 10.2. The van der Waals surface area contributed by atoms with E-state index in [4.69, 9.17) is 10.2 Å². The van der Waals surface area contributed by atoms with Crippen molar-refractivity contribution in [2.75, 3.05) is 6.54 Å². The summed E-state index contributed by atoms with van der Waals surface area (Å²) in [6, 6.07) is 3.60. The van der Waals surface area contributed by atoms with Crippen LogP contribution in [0, 0.1) is 0 Å². The molecule has 0 spiro atoms. The van der Waals surface area contributed by atoms with Crippen molar-refractivity contribution in [2.45, 2.75) is 6.10 Å². The average Bonchev–Trinajstić information content (AvgIpc) is 2.63. The topological polar surface area (TPSA) is 72.3 Å². The van der Waals surface area contributed by atoms with Gasteiger partial charge < -0.3 is 15.3 Å². The number of nitrogens with zero attached hydrogens (tertiary/aromatic N) is 1. The lowest BCUT2D eigenvalue weighted by Crippen LogP contribution is -2.12. The van der Waals surface area contributed by atoms with Gasteiger partial charge in [-0.15, -0.1) is 0 Å². The fraction of sp³-hybridized carbons (Fsp3) is 0.222. The summed E-state index contributed by atoms with van der Waals surface area (Å²) in [6.07, 6.45) is 2.48. The van der Waals surface area contributed by atoms with E-state index in [9.17, 15) is 5.11 Å². The highest BCUT2D eigenvalue weighted by molar-refractivity contribution is 5.76. The highest BCUT2D eigenvalue weighted by atomic mass is 16.3. The SMILES string of the molecule is NCC(O)c1cc2ccoc2cn1. The average molecular weight is 178 g/mol. The Morgan fingerprint density at radius 2 is 2.46 bits per heavy atom. The van der Waals surface area contributed by atoms with Gasteiger partial charge in [-0.05, 0) is 12.1 Å². The van der Waals surface area contributed by atoms with Gasteiger partial charge in [0.15, 0.2) is 5.58 Å². The molecular formula is C9H10N2O2. The minimum absolute atomic E-state index is 0.177. The van der Waals surface area contributed by atoms with Gasteiger partial charge in [-0.1, -0.05) is 0 Å². The second-order valence-corrected chi connectivity index (χ2v) is 2.82. The number of aliphatic hydroxyl groups is 1. The van der Waals surface area contributed by atoms with E-state index in [1.54, 1.807) is 18.5 Å². The van der Waals surface area contributed by atoms with Crippen LogP contribution in [0.4, 0.5) is 0 Å². The van der Waals surface area contributed by atoms with Crippen molar-refractivity contribution in [3.05, 3.63) is 30.3 Å². The Bertz CT molecular complexity index is 411. The smallest absolute Gasteiger partial charge is 0.152 e. The molecule has 0 saturated carbocycles. The molecule has 1 atom stereocenters. The zero-order valence-corrected chi connectivity index (χ0v) is 6.97. The van der Waals surface area contributed by atoms with Gasteiger partial charge in [0.1, 0.15) is 6.10 Å². The quantitative estimate of drug-likeness (QED) is 0.714. The van der Waals surface area contributed by atoms with Gasteiger partial charge in [-0.2, -0.15) is 0 Å². The predicted molar refractivity (Wildman–Crippen MR) is 48.0 cm³/mol. The van der Waals surface area contributed by atoms with Crippen LogP contribution >= 0.6 is 0 Å². The number of fused-ring (bicyclic) bond motifs is 1. The minimum atomic E-state index is -0.695. The summed E-state index contributed by atoms with van der Waals surface area (Å²) in [5.41, 5.74) is 6.61. The molecule has 0 saturated heterocycles. The van der Waals surface area contributed by atoms with Crippen LogP contribution in [0.5, 0.6) is 0 Å².